The summed E-state index contributed by atoms with van der Waals surface area (Å²) in [5.41, 5.74) is 5.28. The molecule has 17 heavy (non-hydrogen) atoms. The first-order valence-corrected chi connectivity index (χ1v) is 6.55. The Morgan fingerprint density at radius 3 is 2.94 bits per heavy atom. The average molecular weight is 274 g/mol. The van der Waals surface area contributed by atoms with Gasteiger partial charge in [-0.05, 0) is 18.6 Å². The summed E-state index contributed by atoms with van der Waals surface area (Å²) in [6, 6.07) is 3.61. The van der Waals surface area contributed by atoms with Crippen molar-refractivity contribution in [2.24, 2.45) is 16.3 Å². The van der Waals surface area contributed by atoms with Crippen molar-refractivity contribution in [2.45, 2.75) is 25.3 Å². The average Bonchev–Trinajstić information content (AvgIpc) is 2.30. The second kappa shape index (κ2) is 6.12. The third kappa shape index (κ3) is 4.09. The Balaban J connectivity index is 2.51. The van der Waals surface area contributed by atoms with E-state index in [4.69, 9.17) is 22.5 Å². The van der Waals surface area contributed by atoms with E-state index in [1.165, 1.54) is 0 Å². The van der Waals surface area contributed by atoms with Crippen molar-refractivity contribution in [3.05, 3.63) is 23.4 Å². The van der Waals surface area contributed by atoms with Crippen LogP contribution in [0.15, 0.2) is 28.5 Å². The standard InChI is InChI=1S/C11H16ClN3OS/c1-11(2,10(13)15-16)5-7-17-9-8(12)4-3-6-14-9/h3-4,6,16H,5,7H2,1-2H3,(H2,13,15). The zero-order valence-corrected chi connectivity index (χ0v) is 11.4. The molecule has 0 aromatic carbocycles. The summed E-state index contributed by atoms with van der Waals surface area (Å²) in [5.74, 6) is 1.05. The summed E-state index contributed by atoms with van der Waals surface area (Å²) < 4.78 is 0. The number of hydrogen-bond acceptors (Lipinski definition) is 4. The van der Waals surface area contributed by atoms with E-state index in [1.807, 2.05) is 19.9 Å². The molecular weight excluding hydrogens is 258 g/mol. The van der Waals surface area contributed by atoms with Crippen molar-refractivity contribution in [3.63, 3.8) is 0 Å². The fraction of sp³-hybridized carbons (Fsp3) is 0.455. The molecule has 0 saturated carbocycles. The van der Waals surface area contributed by atoms with E-state index in [1.54, 1.807) is 24.0 Å². The molecule has 4 nitrogen and oxygen atoms in total. The van der Waals surface area contributed by atoms with E-state index in [2.05, 4.69) is 10.1 Å². The van der Waals surface area contributed by atoms with E-state index in [0.29, 0.717) is 5.02 Å². The minimum Gasteiger partial charge on any atom is -0.409 e. The molecule has 0 aliphatic heterocycles. The van der Waals surface area contributed by atoms with Crippen LogP contribution in [-0.4, -0.2) is 21.8 Å². The van der Waals surface area contributed by atoms with Gasteiger partial charge in [-0.1, -0.05) is 30.6 Å². The summed E-state index contributed by atoms with van der Waals surface area (Å²) in [7, 11) is 0. The van der Waals surface area contributed by atoms with Gasteiger partial charge in [0, 0.05) is 17.4 Å². The Morgan fingerprint density at radius 2 is 2.35 bits per heavy atom. The van der Waals surface area contributed by atoms with Crippen LogP contribution in [0.25, 0.3) is 0 Å². The number of halogens is 1. The molecule has 0 unspecified atom stereocenters. The lowest BCUT2D eigenvalue weighted by atomic mass is 9.89. The maximum Gasteiger partial charge on any atom is 0.144 e. The molecule has 0 fully saturated rings. The summed E-state index contributed by atoms with van der Waals surface area (Å²) in [6.07, 6.45) is 2.49. The molecule has 0 atom stereocenters. The predicted octanol–water partition coefficient (Wildman–Crippen LogP) is 2.99. The highest BCUT2D eigenvalue weighted by Gasteiger charge is 2.23. The Hall–Kier alpha value is -0.940. The SMILES string of the molecule is CC(C)(CCSc1ncccc1Cl)C(N)=NO. The third-order valence-electron chi connectivity index (χ3n) is 2.49. The maximum atomic E-state index is 8.65. The third-order valence-corrected chi connectivity index (χ3v) is 3.92. The first kappa shape index (κ1) is 14.1. The molecule has 0 spiro atoms. The number of nitrogens with zero attached hydrogens (tertiary/aromatic N) is 2. The van der Waals surface area contributed by atoms with E-state index < -0.39 is 0 Å². The van der Waals surface area contributed by atoms with Crippen LogP contribution in [-0.2, 0) is 0 Å². The zero-order valence-electron chi connectivity index (χ0n) is 9.85. The van der Waals surface area contributed by atoms with Crippen LogP contribution >= 0.6 is 23.4 Å². The second-order valence-corrected chi connectivity index (χ2v) is 5.75. The number of aromatic nitrogens is 1. The first-order chi connectivity index (χ1) is 7.97. The molecule has 0 amide bonds. The van der Waals surface area contributed by atoms with Crippen molar-refractivity contribution in [1.29, 1.82) is 0 Å². The van der Waals surface area contributed by atoms with Gasteiger partial charge in [0.1, 0.15) is 10.9 Å². The lowest BCUT2D eigenvalue weighted by molar-refractivity contribution is 0.307. The molecular formula is C11H16ClN3OS. The van der Waals surface area contributed by atoms with Crippen LogP contribution in [0.5, 0.6) is 0 Å². The van der Waals surface area contributed by atoms with Crippen molar-refractivity contribution >= 4 is 29.2 Å². The molecule has 1 aromatic rings. The summed E-state index contributed by atoms with van der Waals surface area (Å²) in [5, 5.41) is 13.2. The highest BCUT2D eigenvalue weighted by atomic mass is 35.5. The molecule has 3 N–H and O–H groups in total. The molecule has 0 aliphatic carbocycles. The topological polar surface area (TPSA) is 71.5 Å². The Morgan fingerprint density at radius 1 is 1.65 bits per heavy atom. The van der Waals surface area contributed by atoms with Gasteiger partial charge in [-0.15, -0.1) is 11.8 Å². The van der Waals surface area contributed by atoms with Gasteiger partial charge in [0.15, 0.2) is 0 Å². The molecule has 0 aliphatic rings. The summed E-state index contributed by atoms with van der Waals surface area (Å²) in [4.78, 5) is 4.18. The van der Waals surface area contributed by atoms with Crippen LogP contribution < -0.4 is 5.73 Å². The number of thioether (sulfide) groups is 1. The van der Waals surface area contributed by atoms with Gasteiger partial charge >= 0.3 is 0 Å². The van der Waals surface area contributed by atoms with Crippen molar-refractivity contribution in [1.82, 2.24) is 4.98 Å². The molecule has 1 rings (SSSR count). The molecule has 0 saturated heterocycles. The zero-order chi connectivity index (χ0) is 12.9. The van der Waals surface area contributed by atoms with Gasteiger partial charge in [0.05, 0.1) is 5.02 Å². The minimum absolute atomic E-state index is 0.241. The second-order valence-electron chi connectivity index (χ2n) is 4.26. The smallest absolute Gasteiger partial charge is 0.144 e. The highest BCUT2D eigenvalue weighted by Crippen LogP contribution is 2.29. The predicted molar refractivity (Wildman–Crippen MR) is 71.8 cm³/mol. The van der Waals surface area contributed by atoms with Crippen LogP contribution in [0.1, 0.15) is 20.3 Å². The maximum absolute atomic E-state index is 8.65. The van der Waals surface area contributed by atoms with Crippen LogP contribution in [0, 0.1) is 5.41 Å². The lowest BCUT2D eigenvalue weighted by Gasteiger charge is -2.22. The van der Waals surface area contributed by atoms with Gasteiger partial charge in [0.2, 0.25) is 0 Å². The molecule has 1 heterocycles. The van der Waals surface area contributed by atoms with Crippen LogP contribution in [0.3, 0.4) is 0 Å². The number of pyridine rings is 1. The van der Waals surface area contributed by atoms with Gasteiger partial charge in [0.25, 0.3) is 0 Å². The fourth-order valence-electron chi connectivity index (χ4n) is 1.14. The van der Waals surface area contributed by atoms with E-state index in [-0.39, 0.29) is 11.3 Å². The Kier molecular flexibility index (Phi) is 5.08. The number of oxime groups is 1. The number of rotatable bonds is 5. The van der Waals surface area contributed by atoms with E-state index in [0.717, 1.165) is 17.2 Å². The molecule has 0 bridgehead atoms. The molecule has 94 valence electrons. The van der Waals surface area contributed by atoms with Crippen LogP contribution in [0.2, 0.25) is 5.02 Å². The largest absolute Gasteiger partial charge is 0.409 e. The molecule has 0 radical (unpaired) electrons. The number of hydrogen-bond donors (Lipinski definition) is 2. The molecule has 6 heteroatoms. The van der Waals surface area contributed by atoms with Gasteiger partial charge in [-0.2, -0.15) is 0 Å². The summed E-state index contributed by atoms with van der Waals surface area (Å²) in [6.45, 7) is 3.87. The van der Waals surface area contributed by atoms with E-state index in [9.17, 15) is 0 Å². The monoisotopic (exact) mass is 273 g/mol. The normalized spacial score (nSPS) is 12.8. The first-order valence-electron chi connectivity index (χ1n) is 5.18. The quantitative estimate of drug-likeness (QED) is 0.284. The molecule has 1 aromatic heterocycles. The van der Waals surface area contributed by atoms with Gasteiger partial charge in [-0.25, -0.2) is 4.98 Å². The minimum atomic E-state index is -0.330. The van der Waals surface area contributed by atoms with Gasteiger partial charge < -0.3 is 10.9 Å². The Bertz CT molecular complexity index is 409. The van der Waals surface area contributed by atoms with Gasteiger partial charge in [-0.3, -0.25) is 0 Å². The lowest BCUT2D eigenvalue weighted by Crippen LogP contribution is -2.32. The Labute approximate surface area is 110 Å². The van der Waals surface area contributed by atoms with Crippen molar-refractivity contribution in [2.75, 3.05) is 5.75 Å². The van der Waals surface area contributed by atoms with Crippen molar-refractivity contribution in [3.8, 4) is 0 Å². The number of nitrogens with two attached hydrogens (primary N) is 1. The highest BCUT2D eigenvalue weighted by molar-refractivity contribution is 7.99. The van der Waals surface area contributed by atoms with E-state index >= 15 is 0 Å². The summed E-state index contributed by atoms with van der Waals surface area (Å²) >= 11 is 7.56. The fourth-order valence-corrected chi connectivity index (χ4v) is 2.58. The van der Waals surface area contributed by atoms with Crippen LogP contribution in [0.4, 0.5) is 0 Å². The van der Waals surface area contributed by atoms with Crippen molar-refractivity contribution < 1.29 is 5.21 Å². The number of amidine groups is 1.